The second kappa shape index (κ2) is 7.53. The van der Waals surface area contributed by atoms with E-state index in [-0.39, 0.29) is 23.1 Å². The Bertz CT molecular complexity index is 797. The summed E-state index contributed by atoms with van der Waals surface area (Å²) in [6.45, 7) is 2.41. The van der Waals surface area contributed by atoms with E-state index in [4.69, 9.17) is 16.3 Å². The Morgan fingerprint density at radius 2 is 1.88 bits per heavy atom. The Hall–Kier alpha value is -2.28. The number of hydrogen-bond acceptors (Lipinski definition) is 2. The van der Waals surface area contributed by atoms with Gasteiger partial charge in [0.2, 0.25) is 0 Å². The van der Waals surface area contributed by atoms with Gasteiger partial charge in [-0.25, -0.2) is 17.6 Å². The van der Waals surface area contributed by atoms with E-state index in [1.807, 2.05) is 0 Å². The molecule has 128 valence electrons. The van der Waals surface area contributed by atoms with Crippen molar-refractivity contribution in [1.29, 1.82) is 0 Å². The Morgan fingerprint density at radius 3 is 2.42 bits per heavy atom. The molecule has 24 heavy (non-hydrogen) atoms. The van der Waals surface area contributed by atoms with Gasteiger partial charge in [-0.3, -0.25) is 4.79 Å². The summed E-state index contributed by atoms with van der Waals surface area (Å²) < 4.78 is 59.6. The van der Waals surface area contributed by atoms with Gasteiger partial charge in [-0.2, -0.15) is 0 Å². The molecular weight excluding hydrogens is 350 g/mol. The van der Waals surface area contributed by atoms with Crippen LogP contribution >= 0.6 is 11.6 Å². The van der Waals surface area contributed by atoms with Crippen molar-refractivity contribution in [1.82, 2.24) is 4.57 Å². The van der Waals surface area contributed by atoms with Gasteiger partial charge in [-0.05, 0) is 12.1 Å². The maximum Gasteiger partial charge on any atom is 0.269 e. The van der Waals surface area contributed by atoms with E-state index >= 15 is 0 Å². The molecule has 0 aliphatic carbocycles. The lowest BCUT2D eigenvalue weighted by Gasteiger charge is -2.15. The highest BCUT2D eigenvalue weighted by Gasteiger charge is 2.20. The molecule has 0 N–H and O–H groups in total. The molecule has 0 radical (unpaired) electrons. The lowest BCUT2D eigenvalue weighted by atomic mass is 10.1. The van der Waals surface area contributed by atoms with Crippen LogP contribution in [0.3, 0.4) is 0 Å². The molecule has 8 heteroatoms. The summed E-state index contributed by atoms with van der Waals surface area (Å²) in [7, 11) is 0. The largest absolute Gasteiger partial charge is 0.489 e. The lowest BCUT2D eigenvalue weighted by molar-refractivity contribution is 0.126. The zero-order valence-corrected chi connectivity index (χ0v) is 13.0. The van der Waals surface area contributed by atoms with Crippen LogP contribution in [0.1, 0.15) is 0 Å². The van der Waals surface area contributed by atoms with Crippen LogP contribution in [0.25, 0.3) is 11.3 Å². The standard InChI is InChI=1S/C16H12ClF4NO2/c1-2-5-24-9-6-11(18)15(12(19)7-9)13-4-3-10(17)16(23)22(13)8-14(20)21/h2-4,6-7,14H,1,5,8H2. The SMILES string of the molecule is C=CCOc1cc(F)c(-c2ccc(Cl)c(=O)n2CC(F)F)c(F)c1. The van der Waals surface area contributed by atoms with Gasteiger partial charge in [0.1, 0.15) is 29.0 Å². The van der Waals surface area contributed by atoms with Crippen LogP contribution in [0.15, 0.2) is 41.7 Å². The first-order valence-corrected chi connectivity index (χ1v) is 7.13. The predicted octanol–water partition coefficient (Wildman–Crippen LogP) is 4.28. The van der Waals surface area contributed by atoms with E-state index in [0.29, 0.717) is 4.57 Å². The molecule has 0 unspecified atom stereocenters. The third-order valence-electron chi connectivity index (χ3n) is 3.09. The van der Waals surface area contributed by atoms with Crippen molar-refractivity contribution in [2.24, 2.45) is 0 Å². The number of rotatable bonds is 6. The molecule has 2 rings (SSSR count). The molecule has 2 aromatic rings. The first-order chi connectivity index (χ1) is 11.3. The zero-order chi connectivity index (χ0) is 17.9. The molecule has 0 saturated heterocycles. The summed E-state index contributed by atoms with van der Waals surface area (Å²) in [5.41, 5.74) is -1.91. The van der Waals surface area contributed by atoms with Gasteiger partial charge in [0.15, 0.2) is 0 Å². The molecule has 0 aliphatic heterocycles. The number of ether oxygens (including phenoxy) is 1. The van der Waals surface area contributed by atoms with Crippen molar-refractivity contribution in [3.8, 4) is 17.0 Å². The van der Waals surface area contributed by atoms with E-state index in [1.54, 1.807) is 0 Å². The lowest BCUT2D eigenvalue weighted by Crippen LogP contribution is -2.25. The van der Waals surface area contributed by atoms with Crippen LogP contribution < -0.4 is 10.3 Å². The van der Waals surface area contributed by atoms with Crippen molar-refractivity contribution >= 4 is 11.6 Å². The molecule has 0 bridgehead atoms. The molecule has 1 heterocycles. The smallest absolute Gasteiger partial charge is 0.269 e. The van der Waals surface area contributed by atoms with Gasteiger partial charge < -0.3 is 9.30 Å². The summed E-state index contributed by atoms with van der Waals surface area (Å²) >= 11 is 5.62. The average molecular weight is 362 g/mol. The van der Waals surface area contributed by atoms with Crippen LogP contribution in [0.4, 0.5) is 17.6 Å². The minimum absolute atomic E-state index is 0.0370. The van der Waals surface area contributed by atoms with Crippen LogP contribution in [0, 0.1) is 11.6 Å². The topological polar surface area (TPSA) is 31.2 Å². The summed E-state index contributed by atoms with van der Waals surface area (Å²) in [6, 6.07) is 4.00. The minimum Gasteiger partial charge on any atom is -0.489 e. The quantitative estimate of drug-likeness (QED) is 0.568. The third kappa shape index (κ3) is 3.79. The van der Waals surface area contributed by atoms with E-state index in [2.05, 4.69) is 6.58 Å². The first-order valence-electron chi connectivity index (χ1n) is 6.75. The molecule has 3 nitrogen and oxygen atoms in total. The number of alkyl halides is 2. The Kier molecular flexibility index (Phi) is 5.66. The average Bonchev–Trinajstić information content (AvgIpc) is 2.51. The molecular formula is C16H12ClF4NO2. The van der Waals surface area contributed by atoms with Gasteiger partial charge in [0, 0.05) is 12.1 Å². The zero-order valence-electron chi connectivity index (χ0n) is 12.2. The summed E-state index contributed by atoms with van der Waals surface area (Å²) in [4.78, 5) is 11.9. The third-order valence-corrected chi connectivity index (χ3v) is 3.38. The first kappa shape index (κ1) is 18.1. The molecule has 0 atom stereocenters. The second-order valence-electron chi connectivity index (χ2n) is 4.73. The number of halogens is 5. The van der Waals surface area contributed by atoms with Gasteiger partial charge in [0.05, 0.1) is 17.8 Å². The molecule has 1 aromatic carbocycles. The number of hydrogen-bond donors (Lipinski definition) is 0. The molecule has 0 amide bonds. The molecule has 0 aliphatic rings. The van der Waals surface area contributed by atoms with E-state index in [9.17, 15) is 22.4 Å². The number of pyridine rings is 1. The second-order valence-corrected chi connectivity index (χ2v) is 5.14. The van der Waals surface area contributed by atoms with Gasteiger partial charge in [0.25, 0.3) is 12.0 Å². The van der Waals surface area contributed by atoms with Crippen molar-refractivity contribution in [2.75, 3.05) is 6.61 Å². The molecule has 0 fully saturated rings. The van der Waals surface area contributed by atoms with Crippen molar-refractivity contribution in [3.05, 3.63) is 63.9 Å². The van der Waals surface area contributed by atoms with Crippen molar-refractivity contribution in [3.63, 3.8) is 0 Å². The van der Waals surface area contributed by atoms with E-state index < -0.39 is 35.7 Å². The fraction of sp³-hybridized carbons (Fsp3) is 0.188. The highest BCUT2D eigenvalue weighted by molar-refractivity contribution is 6.30. The van der Waals surface area contributed by atoms with Crippen LogP contribution in [0.2, 0.25) is 5.02 Å². The number of nitrogens with zero attached hydrogens (tertiary/aromatic N) is 1. The van der Waals surface area contributed by atoms with Gasteiger partial charge in [-0.15, -0.1) is 0 Å². The van der Waals surface area contributed by atoms with Crippen molar-refractivity contribution < 1.29 is 22.3 Å². The summed E-state index contributed by atoms with van der Waals surface area (Å²) in [6.07, 6.45) is -1.51. The van der Waals surface area contributed by atoms with E-state index in [0.717, 1.165) is 24.3 Å². The highest BCUT2D eigenvalue weighted by atomic mass is 35.5. The number of benzene rings is 1. The van der Waals surface area contributed by atoms with Crippen LogP contribution in [-0.2, 0) is 6.54 Å². The summed E-state index contributed by atoms with van der Waals surface area (Å²) in [5, 5.41) is -0.328. The normalized spacial score (nSPS) is 10.9. The minimum atomic E-state index is -2.90. The predicted molar refractivity (Wildman–Crippen MR) is 82.8 cm³/mol. The Labute approximate surface area is 139 Å². The van der Waals surface area contributed by atoms with Gasteiger partial charge in [-0.1, -0.05) is 24.3 Å². The van der Waals surface area contributed by atoms with Crippen LogP contribution in [-0.4, -0.2) is 17.6 Å². The Balaban J connectivity index is 2.62. The number of aromatic nitrogens is 1. The van der Waals surface area contributed by atoms with E-state index in [1.165, 1.54) is 6.08 Å². The fourth-order valence-electron chi connectivity index (χ4n) is 2.12. The molecule has 0 saturated carbocycles. The summed E-state index contributed by atoms with van der Waals surface area (Å²) in [5.74, 6) is -2.21. The monoisotopic (exact) mass is 361 g/mol. The maximum absolute atomic E-state index is 14.3. The van der Waals surface area contributed by atoms with Crippen LogP contribution in [0.5, 0.6) is 5.75 Å². The molecule has 0 spiro atoms. The van der Waals surface area contributed by atoms with Gasteiger partial charge >= 0.3 is 0 Å². The Morgan fingerprint density at radius 1 is 1.25 bits per heavy atom. The maximum atomic E-state index is 14.3. The fourth-order valence-corrected chi connectivity index (χ4v) is 2.29. The highest BCUT2D eigenvalue weighted by Crippen LogP contribution is 2.30. The molecule has 1 aromatic heterocycles. The van der Waals surface area contributed by atoms with Crippen molar-refractivity contribution in [2.45, 2.75) is 13.0 Å².